The Bertz CT molecular complexity index is 811. The van der Waals surface area contributed by atoms with Gasteiger partial charge < -0.3 is 24.8 Å². The Morgan fingerprint density at radius 3 is 2.62 bits per heavy atom. The normalized spacial score (nSPS) is 19.8. The molecule has 1 aromatic rings. The van der Waals surface area contributed by atoms with Gasteiger partial charge in [0.2, 0.25) is 10.0 Å². The highest BCUT2D eigenvalue weighted by Gasteiger charge is 2.37. The number of hydrogen-bond acceptors (Lipinski definition) is 7. The number of carbonyl (C=O) groups is 2. The van der Waals surface area contributed by atoms with Crippen LogP contribution in [0.3, 0.4) is 0 Å². The molecule has 2 N–H and O–H groups in total. The highest BCUT2D eigenvalue weighted by Crippen LogP contribution is 2.34. The molecular weight excluding hydrogens is 366 g/mol. The maximum absolute atomic E-state index is 12.9. The third kappa shape index (κ3) is 3.59. The van der Waals surface area contributed by atoms with Crippen molar-refractivity contribution in [2.45, 2.75) is 11.1 Å². The number of sulfonamides is 1. The zero-order valence-electron chi connectivity index (χ0n) is 14.1. The topological polar surface area (TPSA) is 123 Å². The zero-order valence-corrected chi connectivity index (χ0v) is 14.9. The van der Waals surface area contributed by atoms with Crippen LogP contribution in [0.5, 0.6) is 11.5 Å². The molecule has 11 heteroatoms. The summed E-state index contributed by atoms with van der Waals surface area (Å²) in [7, 11) is -2.55. The smallest absolute Gasteiger partial charge is 0.309 e. The summed E-state index contributed by atoms with van der Waals surface area (Å²) in [4.78, 5) is 22.8. The number of amides is 2. The van der Waals surface area contributed by atoms with Crippen LogP contribution in [0.25, 0.3) is 0 Å². The SMILES string of the molecule is CNC(=O)C(=O)NC[C@H]1OCCN1S(=O)(=O)c1ccc2c(c1)OCCO2. The van der Waals surface area contributed by atoms with Gasteiger partial charge in [0, 0.05) is 19.7 Å². The molecule has 0 radical (unpaired) electrons. The van der Waals surface area contributed by atoms with Gasteiger partial charge in [-0.25, -0.2) is 8.42 Å². The van der Waals surface area contributed by atoms with Gasteiger partial charge in [-0.05, 0) is 12.1 Å². The van der Waals surface area contributed by atoms with Crippen LogP contribution in [-0.2, 0) is 24.3 Å². The van der Waals surface area contributed by atoms with Gasteiger partial charge in [0.25, 0.3) is 0 Å². The van der Waals surface area contributed by atoms with Crippen molar-refractivity contribution in [3.63, 3.8) is 0 Å². The second-order valence-corrected chi connectivity index (χ2v) is 7.43. The molecule has 2 aliphatic rings. The van der Waals surface area contributed by atoms with Gasteiger partial charge in [-0.2, -0.15) is 4.31 Å². The number of carbonyl (C=O) groups excluding carboxylic acids is 2. The summed E-state index contributed by atoms with van der Waals surface area (Å²) in [6.45, 7) is 0.932. The fourth-order valence-electron chi connectivity index (χ4n) is 2.63. The molecule has 1 fully saturated rings. The predicted molar refractivity (Wildman–Crippen MR) is 88.1 cm³/mol. The molecule has 1 atom stereocenters. The van der Waals surface area contributed by atoms with E-state index in [0.29, 0.717) is 24.7 Å². The Balaban J connectivity index is 1.75. The van der Waals surface area contributed by atoms with Crippen LogP contribution in [-0.4, -0.2) is 70.7 Å². The maximum atomic E-state index is 12.9. The fraction of sp³-hybridized carbons (Fsp3) is 0.467. The van der Waals surface area contributed by atoms with E-state index in [9.17, 15) is 18.0 Å². The number of nitrogens with one attached hydrogen (secondary N) is 2. The number of likely N-dealkylation sites (N-methyl/N-ethyl adjacent to an activating group) is 1. The Hall–Kier alpha value is -2.37. The molecule has 2 heterocycles. The first-order chi connectivity index (χ1) is 12.4. The average molecular weight is 385 g/mol. The molecule has 0 aromatic heterocycles. The number of nitrogens with zero attached hydrogens (tertiary/aromatic N) is 1. The molecule has 142 valence electrons. The molecule has 0 saturated carbocycles. The molecule has 26 heavy (non-hydrogen) atoms. The van der Waals surface area contributed by atoms with Crippen molar-refractivity contribution < 1.29 is 32.2 Å². The largest absolute Gasteiger partial charge is 0.486 e. The minimum atomic E-state index is -3.87. The Morgan fingerprint density at radius 2 is 1.88 bits per heavy atom. The quantitative estimate of drug-likeness (QED) is 0.616. The molecule has 0 aliphatic carbocycles. The van der Waals surface area contributed by atoms with Gasteiger partial charge in [-0.15, -0.1) is 0 Å². The Labute approximate surface area is 150 Å². The van der Waals surface area contributed by atoms with E-state index in [2.05, 4.69) is 10.6 Å². The van der Waals surface area contributed by atoms with Crippen LogP contribution >= 0.6 is 0 Å². The summed E-state index contributed by atoms with van der Waals surface area (Å²) in [5.74, 6) is -0.826. The van der Waals surface area contributed by atoms with Crippen molar-refractivity contribution in [1.82, 2.24) is 14.9 Å². The van der Waals surface area contributed by atoms with Crippen molar-refractivity contribution in [2.24, 2.45) is 0 Å². The zero-order chi connectivity index (χ0) is 18.7. The highest BCUT2D eigenvalue weighted by atomic mass is 32.2. The van der Waals surface area contributed by atoms with Crippen LogP contribution in [0.1, 0.15) is 0 Å². The van der Waals surface area contributed by atoms with Gasteiger partial charge >= 0.3 is 11.8 Å². The summed E-state index contributed by atoms with van der Waals surface area (Å²) < 4.78 is 43.2. The number of ether oxygens (including phenoxy) is 3. The van der Waals surface area contributed by atoms with E-state index < -0.39 is 28.1 Å². The molecule has 0 bridgehead atoms. The summed E-state index contributed by atoms with van der Waals surface area (Å²) in [6.07, 6.45) is -0.901. The first-order valence-corrected chi connectivity index (χ1v) is 9.40. The minimum Gasteiger partial charge on any atom is -0.486 e. The lowest BCUT2D eigenvalue weighted by molar-refractivity contribution is -0.139. The maximum Gasteiger partial charge on any atom is 0.309 e. The van der Waals surface area contributed by atoms with Crippen molar-refractivity contribution >= 4 is 21.8 Å². The average Bonchev–Trinajstić information content (AvgIpc) is 3.14. The van der Waals surface area contributed by atoms with E-state index in [1.807, 2.05) is 0 Å². The van der Waals surface area contributed by atoms with E-state index >= 15 is 0 Å². The van der Waals surface area contributed by atoms with Crippen LogP contribution in [0, 0.1) is 0 Å². The molecule has 2 amide bonds. The van der Waals surface area contributed by atoms with Crippen LogP contribution < -0.4 is 20.1 Å². The minimum absolute atomic E-state index is 0.0369. The van der Waals surface area contributed by atoms with Gasteiger partial charge in [-0.1, -0.05) is 0 Å². The predicted octanol–water partition coefficient (Wildman–Crippen LogP) is -1.33. The summed E-state index contributed by atoms with van der Waals surface area (Å²) in [5.41, 5.74) is 0. The lowest BCUT2D eigenvalue weighted by Crippen LogP contribution is -2.46. The monoisotopic (exact) mass is 385 g/mol. The Morgan fingerprint density at radius 1 is 1.15 bits per heavy atom. The van der Waals surface area contributed by atoms with Crippen LogP contribution in [0.15, 0.2) is 23.1 Å². The standard InChI is InChI=1S/C15H19N3O7S/c1-16-14(19)15(20)17-9-13-18(4-5-25-13)26(21,22)10-2-3-11-12(8-10)24-7-6-23-11/h2-3,8,13H,4-7,9H2,1H3,(H,16,19)(H,17,20)/t13-/m1/s1. The second kappa shape index (κ2) is 7.48. The second-order valence-electron chi connectivity index (χ2n) is 5.54. The summed E-state index contributed by atoms with van der Waals surface area (Å²) >= 11 is 0. The van der Waals surface area contributed by atoms with Crippen LogP contribution in [0.2, 0.25) is 0 Å². The molecule has 1 saturated heterocycles. The van der Waals surface area contributed by atoms with E-state index in [0.717, 1.165) is 4.31 Å². The molecule has 0 unspecified atom stereocenters. The summed E-state index contributed by atoms with van der Waals surface area (Å²) in [6, 6.07) is 4.38. The molecule has 1 aromatic carbocycles. The van der Waals surface area contributed by atoms with E-state index in [4.69, 9.17) is 14.2 Å². The van der Waals surface area contributed by atoms with Crippen molar-refractivity contribution in [1.29, 1.82) is 0 Å². The van der Waals surface area contributed by atoms with Crippen molar-refractivity contribution in [3.8, 4) is 11.5 Å². The number of benzene rings is 1. The molecular formula is C15H19N3O7S. The number of fused-ring (bicyclic) bond motifs is 1. The van der Waals surface area contributed by atoms with Gasteiger partial charge in [0.05, 0.1) is 18.0 Å². The van der Waals surface area contributed by atoms with Gasteiger partial charge in [0.1, 0.15) is 19.4 Å². The van der Waals surface area contributed by atoms with E-state index in [-0.39, 0.29) is 24.6 Å². The fourth-order valence-corrected chi connectivity index (χ4v) is 4.16. The van der Waals surface area contributed by atoms with E-state index in [1.54, 1.807) is 6.07 Å². The molecule has 10 nitrogen and oxygen atoms in total. The van der Waals surface area contributed by atoms with Crippen LogP contribution in [0.4, 0.5) is 0 Å². The van der Waals surface area contributed by atoms with Crippen molar-refractivity contribution in [2.75, 3.05) is 40.0 Å². The lowest BCUT2D eigenvalue weighted by atomic mass is 10.3. The summed E-state index contributed by atoms with van der Waals surface area (Å²) in [5, 5.41) is 4.54. The Kier molecular flexibility index (Phi) is 5.30. The third-order valence-electron chi connectivity index (χ3n) is 3.93. The van der Waals surface area contributed by atoms with Gasteiger partial charge in [0.15, 0.2) is 11.5 Å². The highest BCUT2D eigenvalue weighted by molar-refractivity contribution is 7.89. The lowest BCUT2D eigenvalue weighted by Gasteiger charge is -2.24. The molecule has 3 rings (SSSR count). The van der Waals surface area contributed by atoms with Gasteiger partial charge in [-0.3, -0.25) is 9.59 Å². The van der Waals surface area contributed by atoms with E-state index in [1.165, 1.54) is 19.2 Å². The first kappa shape index (κ1) is 18.4. The number of hydrogen-bond donors (Lipinski definition) is 2. The molecule has 2 aliphatic heterocycles. The molecule has 0 spiro atoms. The first-order valence-electron chi connectivity index (χ1n) is 7.96. The number of rotatable bonds is 4. The third-order valence-corrected chi connectivity index (χ3v) is 5.82. The van der Waals surface area contributed by atoms with Crippen molar-refractivity contribution in [3.05, 3.63) is 18.2 Å².